The van der Waals surface area contributed by atoms with Crippen molar-refractivity contribution in [2.75, 3.05) is 6.54 Å². The summed E-state index contributed by atoms with van der Waals surface area (Å²) in [5.74, 6) is 0. The van der Waals surface area contributed by atoms with Crippen LogP contribution in [0.1, 0.15) is 82.7 Å². The Morgan fingerprint density at radius 3 is 2.24 bits per heavy atom. The molecular formula is C18H33N3. The predicted molar refractivity (Wildman–Crippen MR) is 89.6 cm³/mol. The molecular weight excluding hydrogens is 258 g/mol. The van der Waals surface area contributed by atoms with E-state index < -0.39 is 0 Å². The molecule has 2 unspecified atom stereocenters. The molecule has 0 aliphatic heterocycles. The third-order valence-corrected chi connectivity index (χ3v) is 4.77. The molecule has 0 radical (unpaired) electrons. The summed E-state index contributed by atoms with van der Waals surface area (Å²) in [7, 11) is 0. The van der Waals surface area contributed by atoms with Crippen LogP contribution in [0.25, 0.3) is 0 Å². The van der Waals surface area contributed by atoms with Gasteiger partial charge < -0.3 is 5.32 Å². The molecule has 2 atom stereocenters. The Kier molecular flexibility index (Phi) is 7.28. The highest BCUT2D eigenvalue weighted by molar-refractivity contribution is 5.01. The van der Waals surface area contributed by atoms with Crippen molar-refractivity contribution in [2.24, 2.45) is 0 Å². The molecule has 1 aromatic heterocycles. The largest absolute Gasteiger partial charge is 0.312 e. The highest BCUT2D eigenvalue weighted by Gasteiger charge is 2.22. The van der Waals surface area contributed by atoms with Crippen molar-refractivity contribution in [3.8, 4) is 0 Å². The number of rotatable bonds is 3. The fraction of sp³-hybridized carbons (Fsp3) is 0.833. The molecule has 0 bridgehead atoms. The summed E-state index contributed by atoms with van der Waals surface area (Å²) >= 11 is 0. The molecule has 2 rings (SSSR count). The first kappa shape index (κ1) is 16.5. The molecule has 1 heterocycles. The summed E-state index contributed by atoms with van der Waals surface area (Å²) in [6.45, 7) is 5.42. The molecule has 3 heteroatoms. The maximum atomic E-state index is 4.62. The van der Waals surface area contributed by atoms with Gasteiger partial charge in [-0.2, -0.15) is 5.10 Å². The summed E-state index contributed by atoms with van der Waals surface area (Å²) in [5.41, 5.74) is 1.27. The average molecular weight is 291 g/mol. The molecule has 1 aliphatic carbocycles. The van der Waals surface area contributed by atoms with Crippen LogP contribution in [-0.2, 0) is 0 Å². The van der Waals surface area contributed by atoms with Gasteiger partial charge in [0.05, 0.1) is 12.2 Å². The van der Waals surface area contributed by atoms with Gasteiger partial charge in [-0.1, -0.05) is 58.3 Å². The van der Waals surface area contributed by atoms with Crippen LogP contribution in [-0.4, -0.2) is 22.4 Å². The van der Waals surface area contributed by atoms with Crippen LogP contribution in [0.15, 0.2) is 12.4 Å². The minimum Gasteiger partial charge on any atom is -0.312 e. The normalized spacial score (nSPS) is 26.0. The Morgan fingerprint density at radius 1 is 1.05 bits per heavy atom. The number of nitrogens with one attached hydrogen (secondary N) is 1. The van der Waals surface area contributed by atoms with Crippen molar-refractivity contribution in [2.45, 2.75) is 90.1 Å². The zero-order valence-corrected chi connectivity index (χ0v) is 14.0. The molecule has 0 saturated heterocycles. The van der Waals surface area contributed by atoms with Crippen LogP contribution in [0, 0.1) is 6.92 Å². The Morgan fingerprint density at radius 2 is 1.67 bits per heavy atom. The van der Waals surface area contributed by atoms with E-state index in [1.807, 2.05) is 6.20 Å². The SMILES string of the molecule is CCNC1CCCCCCCCCCC1n1cc(C)cn1. The van der Waals surface area contributed by atoms with E-state index in [4.69, 9.17) is 0 Å². The topological polar surface area (TPSA) is 29.9 Å². The summed E-state index contributed by atoms with van der Waals surface area (Å²) in [6.07, 6.45) is 18.0. The van der Waals surface area contributed by atoms with Gasteiger partial charge in [0.1, 0.15) is 0 Å². The standard InChI is InChI=1S/C18H33N3/c1-3-19-17-12-10-8-6-4-5-7-9-11-13-18(17)21-15-16(2)14-20-21/h14-15,17-19H,3-13H2,1-2H3. The molecule has 1 aromatic rings. The van der Waals surface area contributed by atoms with Crippen molar-refractivity contribution in [1.82, 2.24) is 15.1 Å². The zero-order chi connectivity index (χ0) is 14.9. The van der Waals surface area contributed by atoms with E-state index in [9.17, 15) is 0 Å². The maximum absolute atomic E-state index is 4.62. The lowest BCUT2D eigenvalue weighted by atomic mass is 9.94. The number of nitrogens with zero attached hydrogens (tertiary/aromatic N) is 2. The molecule has 21 heavy (non-hydrogen) atoms. The molecule has 1 saturated carbocycles. The second-order valence-electron chi connectivity index (χ2n) is 6.63. The van der Waals surface area contributed by atoms with Crippen molar-refractivity contribution < 1.29 is 0 Å². The maximum Gasteiger partial charge on any atom is 0.0672 e. The van der Waals surface area contributed by atoms with E-state index in [1.54, 1.807) is 0 Å². The van der Waals surface area contributed by atoms with Crippen LogP contribution in [0.2, 0.25) is 0 Å². The number of aromatic nitrogens is 2. The number of likely N-dealkylation sites (N-methyl/N-ethyl adjacent to an activating group) is 1. The Balaban J connectivity index is 2.06. The molecule has 3 nitrogen and oxygen atoms in total. The first-order chi connectivity index (χ1) is 10.3. The van der Waals surface area contributed by atoms with Gasteiger partial charge in [-0.15, -0.1) is 0 Å². The Bertz CT molecular complexity index is 386. The molecule has 0 aromatic carbocycles. The van der Waals surface area contributed by atoms with Gasteiger partial charge >= 0.3 is 0 Å². The lowest BCUT2D eigenvalue weighted by Crippen LogP contribution is -2.38. The van der Waals surface area contributed by atoms with Gasteiger partial charge in [0, 0.05) is 12.2 Å². The zero-order valence-electron chi connectivity index (χ0n) is 14.0. The smallest absolute Gasteiger partial charge is 0.0672 e. The van der Waals surface area contributed by atoms with E-state index in [-0.39, 0.29) is 0 Å². The Labute approximate surface area is 130 Å². The van der Waals surface area contributed by atoms with Gasteiger partial charge in [0.15, 0.2) is 0 Å². The summed E-state index contributed by atoms with van der Waals surface area (Å²) in [4.78, 5) is 0. The van der Waals surface area contributed by atoms with E-state index in [0.717, 1.165) is 6.54 Å². The monoisotopic (exact) mass is 291 g/mol. The fourth-order valence-corrected chi connectivity index (χ4v) is 3.60. The summed E-state index contributed by atoms with van der Waals surface area (Å²) in [5, 5.41) is 8.35. The van der Waals surface area contributed by atoms with Crippen molar-refractivity contribution in [1.29, 1.82) is 0 Å². The third kappa shape index (κ3) is 5.46. The van der Waals surface area contributed by atoms with E-state index in [2.05, 4.69) is 35.1 Å². The van der Waals surface area contributed by atoms with Crippen molar-refractivity contribution in [3.63, 3.8) is 0 Å². The molecule has 120 valence electrons. The second-order valence-corrected chi connectivity index (χ2v) is 6.63. The molecule has 1 fully saturated rings. The molecule has 1 aliphatic rings. The first-order valence-electron chi connectivity index (χ1n) is 9.05. The average Bonchev–Trinajstić information content (AvgIpc) is 2.88. The summed E-state index contributed by atoms with van der Waals surface area (Å²) in [6, 6.07) is 1.10. The van der Waals surface area contributed by atoms with Gasteiger partial charge in [0.2, 0.25) is 0 Å². The van der Waals surface area contributed by atoms with Crippen molar-refractivity contribution >= 4 is 0 Å². The van der Waals surface area contributed by atoms with Crippen molar-refractivity contribution in [3.05, 3.63) is 18.0 Å². The lowest BCUT2D eigenvalue weighted by Gasteiger charge is -2.29. The molecule has 0 amide bonds. The predicted octanol–water partition coefficient (Wildman–Crippen LogP) is 4.63. The highest BCUT2D eigenvalue weighted by Crippen LogP contribution is 2.25. The minimum atomic E-state index is 0.526. The lowest BCUT2D eigenvalue weighted by molar-refractivity contribution is 0.281. The van der Waals surface area contributed by atoms with Gasteiger partial charge in [0.25, 0.3) is 0 Å². The van der Waals surface area contributed by atoms with E-state index >= 15 is 0 Å². The van der Waals surface area contributed by atoms with E-state index in [0.29, 0.717) is 12.1 Å². The quantitative estimate of drug-likeness (QED) is 0.880. The highest BCUT2D eigenvalue weighted by atomic mass is 15.3. The van der Waals surface area contributed by atoms with Crippen LogP contribution >= 0.6 is 0 Å². The molecule has 0 spiro atoms. The Hall–Kier alpha value is -0.830. The van der Waals surface area contributed by atoms with Gasteiger partial charge in [-0.25, -0.2) is 0 Å². The first-order valence-corrected chi connectivity index (χ1v) is 9.05. The number of aryl methyl sites for hydroxylation is 1. The van der Waals surface area contributed by atoms with Crippen LogP contribution in [0.3, 0.4) is 0 Å². The number of hydrogen-bond donors (Lipinski definition) is 1. The van der Waals surface area contributed by atoms with Gasteiger partial charge in [-0.05, 0) is 31.9 Å². The minimum absolute atomic E-state index is 0.526. The van der Waals surface area contributed by atoms with E-state index in [1.165, 1.54) is 69.8 Å². The third-order valence-electron chi connectivity index (χ3n) is 4.77. The second kappa shape index (κ2) is 9.24. The van der Waals surface area contributed by atoms with Gasteiger partial charge in [-0.3, -0.25) is 4.68 Å². The number of hydrogen-bond acceptors (Lipinski definition) is 2. The fourth-order valence-electron chi connectivity index (χ4n) is 3.60. The summed E-state index contributed by atoms with van der Waals surface area (Å²) < 4.78 is 2.23. The molecule has 1 N–H and O–H groups in total. The van der Waals surface area contributed by atoms with Crippen LogP contribution in [0.4, 0.5) is 0 Å². The van der Waals surface area contributed by atoms with Crippen LogP contribution in [0.5, 0.6) is 0 Å². The van der Waals surface area contributed by atoms with Crippen LogP contribution < -0.4 is 5.32 Å².